The first-order valence-electron chi connectivity index (χ1n) is 7.43. The number of nitrogens with one attached hydrogen (secondary N) is 2. The van der Waals surface area contributed by atoms with Crippen molar-refractivity contribution in [2.45, 2.75) is 0 Å². The van der Waals surface area contributed by atoms with Gasteiger partial charge in [0, 0.05) is 19.3 Å². The van der Waals surface area contributed by atoms with E-state index in [4.69, 9.17) is 4.74 Å². The predicted molar refractivity (Wildman–Crippen MR) is 85.1 cm³/mol. The molecule has 0 spiro atoms. The summed E-state index contributed by atoms with van der Waals surface area (Å²) >= 11 is 0. The molecule has 0 atom stereocenters. The van der Waals surface area contributed by atoms with Gasteiger partial charge in [0.1, 0.15) is 5.82 Å². The maximum Gasteiger partial charge on any atom is 0.239 e. The van der Waals surface area contributed by atoms with Gasteiger partial charge in [-0.25, -0.2) is 9.99 Å². The van der Waals surface area contributed by atoms with Crippen LogP contribution in [0.25, 0.3) is 0 Å². The van der Waals surface area contributed by atoms with Crippen molar-refractivity contribution < 1.29 is 4.74 Å². The molecule has 2 aliphatic rings. The molecule has 1 fully saturated rings. The average Bonchev–Trinajstić information content (AvgIpc) is 3.00. The standard InChI is InChI=1S/C15H18N6O/c1-2-4-13-12(3-1)17-11-21(13)14-5-6-16-15(18-14)19-20-7-9-22-10-8-20/h1-6,17H,7-11H2,(H,16,18,19). The molecule has 0 saturated carbocycles. The van der Waals surface area contributed by atoms with Crippen LogP contribution >= 0.6 is 0 Å². The van der Waals surface area contributed by atoms with Gasteiger partial charge in [-0.05, 0) is 18.2 Å². The van der Waals surface area contributed by atoms with Gasteiger partial charge in [0.05, 0.1) is 31.3 Å². The number of nitrogens with zero attached hydrogens (tertiary/aromatic N) is 4. The van der Waals surface area contributed by atoms with Crippen molar-refractivity contribution in [3.8, 4) is 0 Å². The quantitative estimate of drug-likeness (QED) is 0.893. The van der Waals surface area contributed by atoms with Crippen LogP contribution in [0.15, 0.2) is 36.5 Å². The van der Waals surface area contributed by atoms with Crippen LogP contribution in [0.3, 0.4) is 0 Å². The number of rotatable bonds is 3. The van der Waals surface area contributed by atoms with Gasteiger partial charge in [-0.3, -0.25) is 5.43 Å². The molecule has 1 aromatic heterocycles. The molecule has 114 valence electrons. The number of morpholine rings is 1. The van der Waals surface area contributed by atoms with Crippen LogP contribution in [-0.4, -0.2) is 47.9 Å². The molecule has 2 aliphatic heterocycles. The van der Waals surface area contributed by atoms with E-state index in [0.717, 1.165) is 43.5 Å². The van der Waals surface area contributed by atoms with Crippen LogP contribution in [0.5, 0.6) is 0 Å². The van der Waals surface area contributed by atoms with Gasteiger partial charge in [-0.2, -0.15) is 4.98 Å². The SMILES string of the molecule is c1ccc2c(c1)NCN2c1ccnc(NN2CCOCC2)n1. The topological polar surface area (TPSA) is 65.5 Å². The highest BCUT2D eigenvalue weighted by Gasteiger charge is 2.21. The van der Waals surface area contributed by atoms with Gasteiger partial charge >= 0.3 is 0 Å². The number of para-hydroxylation sites is 2. The highest BCUT2D eigenvalue weighted by atomic mass is 16.5. The van der Waals surface area contributed by atoms with E-state index in [-0.39, 0.29) is 0 Å². The maximum absolute atomic E-state index is 5.34. The van der Waals surface area contributed by atoms with Gasteiger partial charge in [0.2, 0.25) is 5.95 Å². The predicted octanol–water partition coefficient (Wildman–Crippen LogP) is 1.66. The smallest absolute Gasteiger partial charge is 0.239 e. The summed E-state index contributed by atoms with van der Waals surface area (Å²) in [6, 6.07) is 10.2. The first-order chi connectivity index (χ1) is 10.9. The third-order valence-electron chi connectivity index (χ3n) is 3.81. The van der Waals surface area contributed by atoms with Crippen molar-refractivity contribution in [2.75, 3.05) is 48.6 Å². The van der Waals surface area contributed by atoms with Crippen molar-refractivity contribution in [1.29, 1.82) is 0 Å². The Morgan fingerprint density at radius 2 is 2.00 bits per heavy atom. The van der Waals surface area contributed by atoms with Gasteiger partial charge < -0.3 is 15.0 Å². The normalized spacial score (nSPS) is 17.9. The summed E-state index contributed by atoms with van der Waals surface area (Å²) in [5.74, 6) is 1.49. The summed E-state index contributed by atoms with van der Waals surface area (Å²) in [6.45, 7) is 3.85. The summed E-state index contributed by atoms with van der Waals surface area (Å²) in [6.07, 6.45) is 1.78. The first-order valence-corrected chi connectivity index (χ1v) is 7.43. The molecule has 0 bridgehead atoms. The number of aromatic nitrogens is 2. The average molecular weight is 298 g/mol. The Hall–Kier alpha value is -2.38. The van der Waals surface area contributed by atoms with Gasteiger partial charge in [0.25, 0.3) is 0 Å². The Balaban J connectivity index is 1.55. The van der Waals surface area contributed by atoms with Crippen LogP contribution in [0.1, 0.15) is 0 Å². The lowest BCUT2D eigenvalue weighted by Gasteiger charge is -2.27. The minimum absolute atomic E-state index is 0.615. The summed E-state index contributed by atoms with van der Waals surface area (Å²) < 4.78 is 5.34. The molecule has 0 unspecified atom stereocenters. The number of fused-ring (bicyclic) bond motifs is 1. The first kappa shape index (κ1) is 13.3. The third-order valence-corrected chi connectivity index (χ3v) is 3.81. The zero-order valence-corrected chi connectivity index (χ0v) is 12.2. The van der Waals surface area contributed by atoms with Crippen LogP contribution in [0.4, 0.5) is 23.1 Å². The lowest BCUT2D eigenvalue weighted by molar-refractivity contribution is 0.0492. The van der Waals surface area contributed by atoms with E-state index < -0.39 is 0 Å². The summed E-state index contributed by atoms with van der Waals surface area (Å²) in [7, 11) is 0. The molecule has 0 aliphatic carbocycles. The Morgan fingerprint density at radius 1 is 1.14 bits per heavy atom. The van der Waals surface area contributed by atoms with E-state index >= 15 is 0 Å². The zero-order valence-electron chi connectivity index (χ0n) is 12.2. The fourth-order valence-corrected chi connectivity index (χ4v) is 2.68. The summed E-state index contributed by atoms with van der Waals surface area (Å²) in [4.78, 5) is 11.1. The van der Waals surface area contributed by atoms with Gasteiger partial charge in [-0.15, -0.1) is 0 Å². The van der Waals surface area contributed by atoms with Crippen molar-refractivity contribution in [3.05, 3.63) is 36.5 Å². The lowest BCUT2D eigenvalue weighted by Crippen LogP contribution is -2.40. The molecule has 2 N–H and O–H groups in total. The van der Waals surface area contributed by atoms with Crippen LogP contribution in [0.2, 0.25) is 0 Å². The van der Waals surface area contributed by atoms with E-state index in [9.17, 15) is 0 Å². The second-order valence-corrected chi connectivity index (χ2v) is 5.23. The van der Waals surface area contributed by atoms with E-state index in [0.29, 0.717) is 12.6 Å². The molecule has 7 nitrogen and oxygen atoms in total. The highest BCUT2D eigenvalue weighted by molar-refractivity contribution is 5.79. The molecule has 22 heavy (non-hydrogen) atoms. The van der Waals surface area contributed by atoms with E-state index in [1.807, 2.05) is 18.2 Å². The Kier molecular flexibility index (Phi) is 3.49. The van der Waals surface area contributed by atoms with Crippen molar-refractivity contribution >= 4 is 23.1 Å². The monoisotopic (exact) mass is 298 g/mol. The van der Waals surface area contributed by atoms with E-state index in [1.165, 1.54) is 0 Å². The molecule has 2 aromatic rings. The Morgan fingerprint density at radius 3 is 2.91 bits per heavy atom. The number of hydrazine groups is 1. The molecule has 1 saturated heterocycles. The second kappa shape index (κ2) is 5.78. The lowest BCUT2D eigenvalue weighted by atomic mass is 10.2. The third kappa shape index (κ3) is 2.56. The highest BCUT2D eigenvalue weighted by Crippen LogP contribution is 2.35. The molecule has 3 heterocycles. The number of ether oxygens (including phenoxy) is 1. The fourth-order valence-electron chi connectivity index (χ4n) is 2.68. The largest absolute Gasteiger partial charge is 0.379 e. The fraction of sp³-hybridized carbons (Fsp3) is 0.333. The van der Waals surface area contributed by atoms with Crippen LogP contribution < -0.4 is 15.6 Å². The number of hydrogen-bond acceptors (Lipinski definition) is 7. The van der Waals surface area contributed by atoms with Crippen LogP contribution in [-0.2, 0) is 4.74 Å². The van der Waals surface area contributed by atoms with E-state index in [2.05, 4.69) is 42.8 Å². The summed E-state index contributed by atoms with van der Waals surface area (Å²) in [5, 5.41) is 5.45. The molecule has 7 heteroatoms. The van der Waals surface area contributed by atoms with Crippen molar-refractivity contribution in [1.82, 2.24) is 15.0 Å². The minimum Gasteiger partial charge on any atom is -0.379 e. The van der Waals surface area contributed by atoms with Crippen molar-refractivity contribution in [3.63, 3.8) is 0 Å². The Bertz CT molecular complexity index is 658. The summed E-state index contributed by atoms with van der Waals surface area (Å²) in [5.41, 5.74) is 5.52. The van der Waals surface area contributed by atoms with Gasteiger partial charge in [0.15, 0.2) is 0 Å². The number of benzene rings is 1. The molecule has 4 rings (SSSR count). The van der Waals surface area contributed by atoms with Gasteiger partial charge in [-0.1, -0.05) is 12.1 Å². The number of anilines is 4. The van der Waals surface area contributed by atoms with Crippen molar-refractivity contribution in [2.24, 2.45) is 0 Å². The maximum atomic E-state index is 5.34. The molecular weight excluding hydrogens is 280 g/mol. The molecule has 0 amide bonds. The van der Waals surface area contributed by atoms with Crippen LogP contribution in [0, 0.1) is 0 Å². The molecule has 1 aromatic carbocycles. The van der Waals surface area contributed by atoms with E-state index in [1.54, 1.807) is 6.20 Å². The zero-order chi connectivity index (χ0) is 14.8. The minimum atomic E-state index is 0.615. The Labute approximate surface area is 128 Å². The molecule has 0 radical (unpaired) electrons. The second-order valence-electron chi connectivity index (χ2n) is 5.23. The molecular formula is C15H18N6O. The number of hydrogen-bond donors (Lipinski definition) is 2.